The molecular weight excluding hydrogens is 372 g/mol. The van der Waals surface area contributed by atoms with Gasteiger partial charge in [0, 0.05) is 6.61 Å². The molecule has 0 bridgehead atoms. The molecule has 3 heteroatoms. The van der Waals surface area contributed by atoms with Gasteiger partial charge in [0.1, 0.15) is 0 Å². The second-order valence-electron chi connectivity index (χ2n) is 12.3. The molecule has 0 radical (unpaired) electrons. The van der Waals surface area contributed by atoms with Crippen LogP contribution >= 0.6 is 0 Å². The number of hydrogen-bond donors (Lipinski definition) is 3. The molecule has 3 nitrogen and oxygen atoms in total. The summed E-state index contributed by atoms with van der Waals surface area (Å²) in [5.41, 5.74) is 0.649. The van der Waals surface area contributed by atoms with Crippen LogP contribution in [0.3, 0.4) is 0 Å². The van der Waals surface area contributed by atoms with Gasteiger partial charge in [-0.1, -0.05) is 34.1 Å². The summed E-state index contributed by atoms with van der Waals surface area (Å²) in [6.07, 6.45) is 12.1. The van der Waals surface area contributed by atoms with E-state index < -0.39 is 0 Å². The van der Waals surface area contributed by atoms with Crippen molar-refractivity contribution in [3.63, 3.8) is 0 Å². The third-order valence-electron chi connectivity index (χ3n) is 11.1. The molecule has 3 N–H and O–H groups in total. The summed E-state index contributed by atoms with van der Waals surface area (Å²) in [6.45, 7) is 10.1. The van der Waals surface area contributed by atoms with Crippen LogP contribution in [-0.2, 0) is 0 Å². The summed E-state index contributed by atoms with van der Waals surface area (Å²) in [7, 11) is 0. The van der Waals surface area contributed by atoms with Crippen molar-refractivity contribution in [1.82, 2.24) is 0 Å². The second-order valence-corrected chi connectivity index (χ2v) is 12.3. The Morgan fingerprint density at radius 1 is 0.933 bits per heavy atom. The molecule has 174 valence electrons. The molecule has 0 saturated heterocycles. The van der Waals surface area contributed by atoms with Gasteiger partial charge in [0.25, 0.3) is 0 Å². The van der Waals surface area contributed by atoms with E-state index in [4.69, 9.17) is 0 Å². The van der Waals surface area contributed by atoms with Crippen LogP contribution in [0.25, 0.3) is 0 Å². The lowest BCUT2D eigenvalue weighted by Gasteiger charge is -2.65. The lowest BCUT2D eigenvalue weighted by Crippen LogP contribution is -2.62. The standard InChI is InChI=1S/C27H48O3/c1-5-7-19-23-16-18(29)11-13-27(23,4)22-12-14-26(3)20(17(2)8-6-15-28)9-10-21(26)24(22)25(19)30/h17-25,28-30H,5-16H2,1-4H3/t17-,18+,19+,20-,21?,22?,23+,24?,25-,26-,27-/m1/s1. The molecule has 11 atom stereocenters. The zero-order valence-corrected chi connectivity index (χ0v) is 20.0. The maximum absolute atomic E-state index is 11.8. The van der Waals surface area contributed by atoms with Crippen LogP contribution in [0.15, 0.2) is 0 Å². The van der Waals surface area contributed by atoms with Gasteiger partial charge >= 0.3 is 0 Å². The smallest absolute Gasteiger partial charge is 0.0605 e. The molecule has 0 aromatic heterocycles. The van der Waals surface area contributed by atoms with Crippen LogP contribution in [0.1, 0.15) is 98.3 Å². The molecule has 4 aliphatic rings. The average Bonchev–Trinajstić information content (AvgIpc) is 3.07. The molecule has 0 amide bonds. The predicted octanol–water partition coefficient (Wildman–Crippen LogP) is 5.41. The van der Waals surface area contributed by atoms with E-state index in [1.807, 2.05) is 0 Å². The van der Waals surface area contributed by atoms with Crippen LogP contribution in [0, 0.1) is 52.3 Å². The maximum Gasteiger partial charge on any atom is 0.0605 e. The van der Waals surface area contributed by atoms with Crippen molar-refractivity contribution in [3.8, 4) is 0 Å². The predicted molar refractivity (Wildman–Crippen MR) is 122 cm³/mol. The summed E-state index contributed by atoms with van der Waals surface area (Å²) in [5.74, 6) is 3.99. The van der Waals surface area contributed by atoms with Crippen LogP contribution < -0.4 is 0 Å². The van der Waals surface area contributed by atoms with Crippen molar-refractivity contribution < 1.29 is 15.3 Å². The summed E-state index contributed by atoms with van der Waals surface area (Å²) in [5, 5.41) is 31.7. The quantitative estimate of drug-likeness (QED) is 0.538. The van der Waals surface area contributed by atoms with E-state index >= 15 is 0 Å². The lowest BCUT2D eigenvalue weighted by atomic mass is 9.41. The van der Waals surface area contributed by atoms with Gasteiger partial charge < -0.3 is 15.3 Å². The van der Waals surface area contributed by atoms with E-state index in [-0.39, 0.29) is 12.2 Å². The van der Waals surface area contributed by atoms with E-state index in [0.717, 1.165) is 50.9 Å². The Morgan fingerprint density at radius 3 is 2.33 bits per heavy atom. The minimum absolute atomic E-state index is 0.164. The fraction of sp³-hybridized carbons (Fsp3) is 1.00. The Balaban J connectivity index is 1.64. The van der Waals surface area contributed by atoms with E-state index in [1.165, 1.54) is 25.7 Å². The first-order valence-corrected chi connectivity index (χ1v) is 13.2. The normalized spacial score (nSPS) is 51.7. The van der Waals surface area contributed by atoms with Gasteiger partial charge in [-0.05, 0) is 116 Å². The highest BCUT2D eigenvalue weighted by atomic mass is 16.3. The number of aliphatic hydroxyl groups excluding tert-OH is 3. The average molecular weight is 421 g/mol. The molecule has 0 aliphatic heterocycles. The minimum atomic E-state index is -0.186. The third-order valence-corrected chi connectivity index (χ3v) is 11.1. The van der Waals surface area contributed by atoms with Gasteiger partial charge in [-0.25, -0.2) is 0 Å². The van der Waals surface area contributed by atoms with Crippen LogP contribution in [-0.4, -0.2) is 34.1 Å². The lowest BCUT2D eigenvalue weighted by molar-refractivity contribution is -0.204. The molecule has 0 aromatic carbocycles. The van der Waals surface area contributed by atoms with Crippen molar-refractivity contribution in [3.05, 3.63) is 0 Å². The summed E-state index contributed by atoms with van der Waals surface area (Å²) < 4.78 is 0. The molecule has 4 fully saturated rings. The Hall–Kier alpha value is -0.120. The summed E-state index contributed by atoms with van der Waals surface area (Å²) in [4.78, 5) is 0. The Kier molecular flexibility index (Phi) is 6.66. The Bertz CT molecular complexity index is 593. The minimum Gasteiger partial charge on any atom is -0.396 e. The highest BCUT2D eigenvalue weighted by Crippen LogP contribution is 2.69. The van der Waals surface area contributed by atoms with Crippen molar-refractivity contribution in [2.24, 2.45) is 52.3 Å². The molecular formula is C27H48O3. The molecule has 4 saturated carbocycles. The van der Waals surface area contributed by atoms with Crippen molar-refractivity contribution in [2.75, 3.05) is 6.61 Å². The first-order valence-electron chi connectivity index (χ1n) is 13.2. The molecule has 30 heavy (non-hydrogen) atoms. The van der Waals surface area contributed by atoms with E-state index in [9.17, 15) is 15.3 Å². The van der Waals surface area contributed by atoms with Gasteiger partial charge in [-0.3, -0.25) is 0 Å². The van der Waals surface area contributed by atoms with E-state index in [1.54, 1.807) is 0 Å². The summed E-state index contributed by atoms with van der Waals surface area (Å²) in [6, 6.07) is 0. The zero-order chi connectivity index (χ0) is 21.7. The topological polar surface area (TPSA) is 60.7 Å². The monoisotopic (exact) mass is 420 g/mol. The molecule has 0 heterocycles. The molecule has 0 aromatic rings. The number of hydrogen-bond acceptors (Lipinski definition) is 3. The Morgan fingerprint density at radius 2 is 1.63 bits per heavy atom. The van der Waals surface area contributed by atoms with Crippen LogP contribution in [0.2, 0.25) is 0 Å². The Labute approximate surface area is 185 Å². The summed E-state index contributed by atoms with van der Waals surface area (Å²) >= 11 is 0. The molecule has 0 spiro atoms. The third kappa shape index (κ3) is 3.50. The van der Waals surface area contributed by atoms with Gasteiger partial charge in [-0.2, -0.15) is 0 Å². The second kappa shape index (κ2) is 8.67. The highest BCUT2D eigenvalue weighted by molar-refractivity contribution is 5.13. The van der Waals surface area contributed by atoms with Crippen molar-refractivity contribution >= 4 is 0 Å². The largest absolute Gasteiger partial charge is 0.396 e. The van der Waals surface area contributed by atoms with Crippen LogP contribution in [0.5, 0.6) is 0 Å². The van der Waals surface area contributed by atoms with Gasteiger partial charge in [0.05, 0.1) is 12.2 Å². The zero-order valence-electron chi connectivity index (χ0n) is 20.0. The van der Waals surface area contributed by atoms with Gasteiger partial charge in [0.2, 0.25) is 0 Å². The number of fused-ring (bicyclic) bond motifs is 5. The van der Waals surface area contributed by atoms with E-state index in [2.05, 4.69) is 27.7 Å². The highest BCUT2D eigenvalue weighted by Gasteiger charge is 2.64. The first-order chi connectivity index (χ1) is 14.3. The number of aliphatic hydroxyl groups is 3. The van der Waals surface area contributed by atoms with Crippen LogP contribution in [0.4, 0.5) is 0 Å². The SMILES string of the molecule is CCC[C@@H]1[C@@H](O)C2C3CC[C@H]([C@H](C)CCCO)[C@@]3(C)CCC2[C@@]2(C)CC[C@H](O)C[C@@H]12. The fourth-order valence-corrected chi connectivity index (χ4v) is 9.73. The van der Waals surface area contributed by atoms with Gasteiger partial charge in [-0.15, -0.1) is 0 Å². The van der Waals surface area contributed by atoms with Gasteiger partial charge in [0.15, 0.2) is 0 Å². The van der Waals surface area contributed by atoms with E-state index in [0.29, 0.717) is 52.9 Å². The van der Waals surface area contributed by atoms with Crippen molar-refractivity contribution in [1.29, 1.82) is 0 Å². The number of rotatable bonds is 6. The molecule has 4 aliphatic carbocycles. The fourth-order valence-electron chi connectivity index (χ4n) is 9.73. The maximum atomic E-state index is 11.8. The first kappa shape index (κ1) is 23.1. The molecule has 4 rings (SSSR count). The molecule has 3 unspecified atom stereocenters. The van der Waals surface area contributed by atoms with Crippen molar-refractivity contribution in [2.45, 2.75) is 111 Å².